The van der Waals surface area contributed by atoms with Crippen LogP contribution in [0.4, 0.5) is 5.69 Å². The zero-order chi connectivity index (χ0) is 13.8. The molecule has 0 saturated carbocycles. The zero-order valence-corrected chi connectivity index (χ0v) is 11.2. The summed E-state index contributed by atoms with van der Waals surface area (Å²) in [5, 5.41) is 3.19. The number of carbonyl (C=O) groups excluding carboxylic acids is 1. The summed E-state index contributed by atoms with van der Waals surface area (Å²) in [5.41, 5.74) is 2.45. The molecule has 19 heavy (non-hydrogen) atoms. The second-order valence-corrected chi connectivity index (χ2v) is 4.28. The average molecular weight is 260 g/mol. The third-order valence-electron chi connectivity index (χ3n) is 2.72. The van der Waals surface area contributed by atoms with Crippen LogP contribution in [0, 0.1) is 13.8 Å². The van der Waals surface area contributed by atoms with Crippen LogP contribution < -0.4 is 5.32 Å². The number of esters is 1. The highest BCUT2D eigenvalue weighted by Gasteiger charge is 2.14. The SMILES string of the molecule is COC(=O)c1cc(CNc2cncc(C)c2)oc1C. The van der Waals surface area contributed by atoms with Crippen molar-refractivity contribution in [1.82, 2.24) is 4.98 Å². The number of methoxy groups -OCH3 is 1. The summed E-state index contributed by atoms with van der Waals surface area (Å²) in [5.74, 6) is 0.857. The fourth-order valence-electron chi connectivity index (χ4n) is 1.78. The monoisotopic (exact) mass is 260 g/mol. The van der Waals surface area contributed by atoms with Gasteiger partial charge in [-0.05, 0) is 31.5 Å². The fourth-order valence-corrected chi connectivity index (χ4v) is 1.78. The predicted molar refractivity (Wildman–Crippen MR) is 71.1 cm³/mol. The minimum absolute atomic E-state index is 0.385. The minimum atomic E-state index is -0.385. The second kappa shape index (κ2) is 5.56. The average Bonchev–Trinajstić information content (AvgIpc) is 2.77. The van der Waals surface area contributed by atoms with E-state index < -0.39 is 0 Å². The zero-order valence-electron chi connectivity index (χ0n) is 11.2. The van der Waals surface area contributed by atoms with Gasteiger partial charge in [-0.2, -0.15) is 0 Å². The molecule has 2 rings (SSSR count). The third-order valence-corrected chi connectivity index (χ3v) is 2.72. The Balaban J connectivity index is 2.06. The van der Waals surface area contributed by atoms with Crippen molar-refractivity contribution in [2.75, 3.05) is 12.4 Å². The lowest BCUT2D eigenvalue weighted by atomic mass is 10.2. The molecule has 0 amide bonds. The van der Waals surface area contributed by atoms with Crippen molar-refractivity contribution in [3.05, 3.63) is 47.2 Å². The number of ether oxygens (including phenoxy) is 1. The molecule has 0 unspecified atom stereocenters. The Hall–Kier alpha value is -2.30. The summed E-state index contributed by atoms with van der Waals surface area (Å²) in [6.45, 7) is 4.21. The van der Waals surface area contributed by atoms with Crippen molar-refractivity contribution in [3.8, 4) is 0 Å². The smallest absolute Gasteiger partial charge is 0.341 e. The molecule has 0 bridgehead atoms. The highest BCUT2D eigenvalue weighted by molar-refractivity contribution is 5.90. The number of hydrogen-bond donors (Lipinski definition) is 1. The van der Waals surface area contributed by atoms with Crippen LogP contribution in [0.25, 0.3) is 0 Å². The Morgan fingerprint density at radius 2 is 2.16 bits per heavy atom. The summed E-state index contributed by atoms with van der Waals surface area (Å²) >= 11 is 0. The van der Waals surface area contributed by atoms with Crippen LogP contribution in [0.2, 0.25) is 0 Å². The Morgan fingerprint density at radius 1 is 1.37 bits per heavy atom. The molecule has 5 nitrogen and oxygen atoms in total. The molecule has 0 radical (unpaired) electrons. The molecular formula is C14H16N2O3. The van der Waals surface area contributed by atoms with Gasteiger partial charge < -0.3 is 14.5 Å². The summed E-state index contributed by atoms with van der Waals surface area (Å²) in [6, 6.07) is 3.68. The molecule has 0 atom stereocenters. The molecule has 0 fully saturated rings. The van der Waals surface area contributed by atoms with Gasteiger partial charge in [0.05, 0.1) is 19.3 Å². The van der Waals surface area contributed by atoms with E-state index in [0.29, 0.717) is 23.6 Å². The van der Waals surface area contributed by atoms with Crippen molar-refractivity contribution < 1.29 is 13.9 Å². The van der Waals surface area contributed by atoms with Gasteiger partial charge >= 0.3 is 5.97 Å². The van der Waals surface area contributed by atoms with Crippen LogP contribution >= 0.6 is 0 Å². The first-order valence-electron chi connectivity index (χ1n) is 5.93. The summed E-state index contributed by atoms with van der Waals surface area (Å²) in [6.07, 6.45) is 3.53. The Bertz CT molecular complexity index is 590. The van der Waals surface area contributed by atoms with Gasteiger partial charge in [-0.1, -0.05) is 0 Å². The molecular weight excluding hydrogens is 244 g/mol. The Morgan fingerprint density at radius 3 is 2.84 bits per heavy atom. The highest BCUT2D eigenvalue weighted by Crippen LogP contribution is 2.17. The first-order chi connectivity index (χ1) is 9.10. The number of aryl methyl sites for hydroxylation is 2. The van der Waals surface area contributed by atoms with E-state index in [4.69, 9.17) is 4.42 Å². The van der Waals surface area contributed by atoms with E-state index in [1.54, 1.807) is 25.4 Å². The molecule has 2 aromatic heterocycles. The quantitative estimate of drug-likeness (QED) is 0.856. The van der Waals surface area contributed by atoms with Gasteiger partial charge in [-0.3, -0.25) is 4.98 Å². The topological polar surface area (TPSA) is 64.4 Å². The maximum atomic E-state index is 11.5. The van der Waals surface area contributed by atoms with Gasteiger partial charge in [0.1, 0.15) is 17.1 Å². The number of nitrogens with zero attached hydrogens (tertiary/aromatic N) is 1. The van der Waals surface area contributed by atoms with Gasteiger partial charge in [-0.15, -0.1) is 0 Å². The van der Waals surface area contributed by atoms with E-state index in [2.05, 4.69) is 15.0 Å². The molecule has 0 aromatic carbocycles. The van der Waals surface area contributed by atoms with E-state index >= 15 is 0 Å². The highest BCUT2D eigenvalue weighted by atomic mass is 16.5. The molecule has 0 aliphatic heterocycles. The van der Waals surface area contributed by atoms with Gasteiger partial charge in [0.25, 0.3) is 0 Å². The predicted octanol–water partition coefficient (Wildman–Crippen LogP) is 2.69. The van der Waals surface area contributed by atoms with Crippen LogP contribution in [0.15, 0.2) is 28.9 Å². The molecule has 100 valence electrons. The maximum Gasteiger partial charge on any atom is 0.341 e. The lowest BCUT2D eigenvalue weighted by Gasteiger charge is -2.04. The van der Waals surface area contributed by atoms with E-state index in [1.165, 1.54) is 7.11 Å². The Labute approximate surface area is 111 Å². The van der Waals surface area contributed by atoms with Gasteiger partial charge in [0.15, 0.2) is 0 Å². The molecule has 0 spiro atoms. The van der Waals surface area contributed by atoms with Crippen molar-refractivity contribution in [2.24, 2.45) is 0 Å². The number of anilines is 1. The number of aromatic nitrogens is 1. The summed E-state index contributed by atoms with van der Waals surface area (Å²) in [4.78, 5) is 15.5. The normalized spacial score (nSPS) is 10.3. The van der Waals surface area contributed by atoms with E-state index in [-0.39, 0.29) is 5.97 Å². The van der Waals surface area contributed by atoms with Crippen molar-refractivity contribution >= 4 is 11.7 Å². The first kappa shape index (κ1) is 13.1. The maximum absolute atomic E-state index is 11.5. The molecule has 2 aromatic rings. The van der Waals surface area contributed by atoms with Gasteiger partial charge in [0.2, 0.25) is 0 Å². The van der Waals surface area contributed by atoms with Crippen LogP contribution in [-0.2, 0) is 11.3 Å². The van der Waals surface area contributed by atoms with Gasteiger partial charge in [-0.25, -0.2) is 4.79 Å². The van der Waals surface area contributed by atoms with Crippen LogP contribution in [0.5, 0.6) is 0 Å². The second-order valence-electron chi connectivity index (χ2n) is 4.28. The lowest BCUT2D eigenvalue weighted by Crippen LogP contribution is -2.01. The number of furan rings is 1. The van der Waals surface area contributed by atoms with Crippen LogP contribution in [0.3, 0.4) is 0 Å². The number of carbonyl (C=O) groups is 1. The molecule has 0 aliphatic carbocycles. The van der Waals surface area contributed by atoms with Crippen molar-refractivity contribution in [3.63, 3.8) is 0 Å². The van der Waals surface area contributed by atoms with E-state index in [0.717, 1.165) is 11.3 Å². The molecule has 0 aliphatic rings. The molecule has 2 heterocycles. The first-order valence-corrected chi connectivity index (χ1v) is 5.93. The summed E-state index contributed by atoms with van der Waals surface area (Å²) in [7, 11) is 1.35. The molecule has 1 N–H and O–H groups in total. The third kappa shape index (κ3) is 3.13. The van der Waals surface area contributed by atoms with E-state index in [1.807, 2.05) is 13.0 Å². The molecule has 0 saturated heterocycles. The number of nitrogens with one attached hydrogen (secondary N) is 1. The van der Waals surface area contributed by atoms with Crippen molar-refractivity contribution in [1.29, 1.82) is 0 Å². The standard InChI is InChI=1S/C14H16N2O3/c1-9-4-11(7-15-6-9)16-8-12-5-13(10(2)19-12)14(17)18-3/h4-7,16H,8H2,1-3H3. The van der Waals surface area contributed by atoms with Gasteiger partial charge in [0, 0.05) is 12.4 Å². The summed E-state index contributed by atoms with van der Waals surface area (Å²) < 4.78 is 10.2. The number of hydrogen-bond acceptors (Lipinski definition) is 5. The van der Waals surface area contributed by atoms with Crippen molar-refractivity contribution in [2.45, 2.75) is 20.4 Å². The Kier molecular flexibility index (Phi) is 3.85. The van der Waals surface area contributed by atoms with Crippen LogP contribution in [-0.4, -0.2) is 18.1 Å². The number of pyridine rings is 1. The molecule has 5 heteroatoms. The fraction of sp³-hybridized carbons (Fsp3) is 0.286. The largest absolute Gasteiger partial charge is 0.465 e. The number of rotatable bonds is 4. The van der Waals surface area contributed by atoms with E-state index in [9.17, 15) is 4.79 Å². The minimum Gasteiger partial charge on any atom is -0.465 e. The van der Waals surface area contributed by atoms with Crippen LogP contribution in [0.1, 0.15) is 27.4 Å². The lowest BCUT2D eigenvalue weighted by molar-refractivity contribution is 0.0599.